The van der Waals surface area contributed by atoms with Gasteiger partial charge in [0.1, 0.15) is 5.75 Å². The van der Waals surface area contributed by atoms with Crippen LogP contribution in [0.15, 0.2) is 18.2 Å². The maximum absolute atomic E-state index is 9.03. The summed E-state index contributed by atoms with van der Waals surface area (Å²) in [6, 6.07) is 6.72. The summed E-state index contributed by atoms with van der Waals surface area (Å²) in [5.74, 6) is 0.193. The van der Waals surface area contributed by atoms with E-state index < -0.39 is 0 Å². The first-order valence-electron chi connectivity index (χ1n) is 3.06. The number of phenols is 1. The Morgan fingerprint density at radius 3 is 2.82 bits per heavy atom. The Morgan fingerprint density at radius 2 is 2.27 bits per heavy atom. The molecule has 0 saturated carbocycles. The summed E-state index contributed by atoms with van der Waals surface area (Å²) in [7, 11) is 0. The van der Waals surface area contributed by atoms with Crippen LogP contribution in [0.3, 0.4) is 0 Å². The van der Waals surface area contributed by atoms with Crippen LogP contribution in [0, 0.1) is 11.3 Å². The van der Waals surface area contributed by atoms with Gasteiger partial charge in [0.25, 0.3) is 0 Å². The fourth-order valence-corrected chi connectivity index (χ4v) is 1.26. The fraction of sp³-hybridized carbons (Fsp3) is 0.125. The molecule has 2 nitrogen and oxygen atoms in total. The van der Waals surface area contributed by atoms with E-state index >= 15 is 0 Å². The normalized spacial score (nSPS) is 9.09. The van der Waals surface area contributed by atoms with E-state index in [2.05, 4.69) is 15.9 Å². The molecule has 1 aromatic carbocycles. The van der Waals surface area contributed by atoms with E-state index in [9.17, 15) is 0 Å². The molecule has 0 spiro atoms. The molecular formula is C8H6BrNO. The number of phenolic OH excluding ortho intramolecular Hbond substituents is 1. The monoisotopic (exact) mass is 211 g/mol. The van der Waals surface area contributed by atoms with Gasteiger partial charge in [-0.15, -0.1) is 0 Å². The predicted molar refractivity (Wildman–Crippen MR) is 45.5 cm³/mol. The van der Waals surface area contributed by atoms with Gasteiger partial charge in [0, 0.05) is 5.33 Å². The molecule has 0 aliphatic rings. The maximum Gasteiger partial charge on any atom is 0.115 e. The zero-order valence-electron chi connectivity index (χ0n) is 5.71. The molecule has 1 N–H and O–H groups in total. The molecule has 0 aromatic heterocycles. The number of rotatable bonds is 1. The van der Waals surface area contributed by atoms with Gasteiger partial charge in [-0.05, 0) is 23.8 Å². The van der Waals surface area contributed by atoms with Crippen LogP contribution in [0.5, 0.6) is 5.75 Å². The molecule has 0 heterocycles. The van der Waals surface area contributed by atoms with Gasteiger partial charge in [-0.3, -0.25) is 0 Å². The van der Waals surface area contributed by atoms with Gasteiger partial charge < -0.3 is 5.11 Å². The van der Waals surface area contributed by atoms with E-state index in [1.54, 1.807) is 12.1 Å². The first-order chi connectivity index (χ1) is 5.27. The van der Waals surface area contributed by atoms with Crippen LogP contribution in [0.4, 0.5) is 0 Å². The van der Waals surface area contributed by atoms with Crippen molar-refractivity contribution < 1.29 is 5.11 Å². The van der Waals surface area contributed by atoms with E-state index in [4.69, 9.17) is 10.4 Å². The minimum absolute atomic E-state index is 0.193. The molecule has 0 amide bonds. The van der Waals surface area contributed by atoms with Gasteiger partial charge in [0.15, 0.2) is 0 Å². The minimum atomic E-state index is 0.193. The van der Waals surface area contributed by atoms with E-state index in [0.717, 1.165) is 5.56 Å². The van der Waals surface area contributed by atoms with Gasteiger partial charge in [0.05, 0.1) is 11.6 Å². The summed E-state index contributed by atoms with van der Waals surface area (Å²) in [6.07, 6.45) is 0. The summed E-state index contributed by atoms with van der Waals surface area (Å²) in [6.45, 7) is 0. The highest BCUT2D eigenvalue weighted by Crippen LogP contribution is 2.17. The third-order valence-electron chi connectivity index (χ3n) is 1.35. The van der Waals surface area contributed by atoms with Crippen molar-refractivity contribution in [3.05, 3.63) is 29.3 Å². The van der Waals surface area contributed by atoms with E-state index in [0.29, 0.717) is 10.9 Å². The number of alkyl halides is 1. The largest absolute Gasteiger partial charge is 0.508 e. The Balaban J connectivity index is 3.19. The van der Waals surface area contributed by atoms with Crippen molar-refractivity contribution in [1.29, 1.82) is 5.26 Å². The highest BCUT2D eigenvalue weighted by Gasteiger charge is 2.00. The quantitative estimate of drug-likeness (QED) is 0.724. The number of nitriles is 1. The van der Waals surface area contributed by atoms with Crippen molar-refractivity contribution in [3.63, 3.8) is 0 Å². The lowest BCUT2D eigenvalue weighted by atomic mass is 10.1. The molecule has 11 heavy (non-hydrogen) atoms. The second-order valence-corrected chi connectivity index (χ2v) is 2.65. The maximum atomic E-state index is 9.03. The zero-order valence-corrected chi connectivity index (χ0v) is 7.30. The van der Waals surface area contributed by atoms with Gasteiger partial charge in [-0.25, -0.2) is 0 Å². The standard InChI is InChI=1S/C8H6BrNO/c9-4-7-3-8(11)2-1-6(7)5-10/h1-3,11H,4H2. The number of benzene rings is 1. The number of hydrogen-bond acceptors (Lipinski definition) is 2. The third-order valence-corrected chi connectivity index (χ3v) is 1.96. The molecule has 1 aromatic rings. The second kappa shape index (κ2) is 3.40. The van der Waals surface area contributed by atoms with Crippen molar-refractivity contribution >= 4 is 15.9 Å². The van der Waals surface area contributed by atoms with Crippen LogP contribution < -0.4 is 0 Å². The van der Waals surface area contributed by atoms with Crippen LogP contribution in [0.1, 0.15) is 11.1 Å². The van der Waals surface area contributed by atoms with Gasteiger partial charge in [-0.1, -0.05) is 15.9 Å². The Bertz CT molecular complexity index is 303. The molecule has 56 valence electrons. The lowest BCUT2D eigenvalue weighted by molar-refractivity contribution is 0.475. The van der Waals surface area contributed by atoms with Crippen molar-refractivity contribution in [3.8, 4) is 11.8 Å². The van der Waals surface area contributed by atoms with Gasteiger partial charge in [0.2, 0.25) is 0 Å². The van der Waals surface area contributed by atoms with Gasteiger partial charge in [-0.2, -0.15) is 5.26 Å². The SMILES string of the molecule is N#Cc1ccc(O)cc1CBr. The lowest BCUT2D eigenvalue weighted by Crippen LogP contribution is -1.83. The number of hydrogen-bond donors (Lipinski definition) is 1. The molecule has 3 heteroatoms. The number of halogens is 1. The Labute approximate surface area is 73.2 Å². The Kier molecular flexibility index (Phi) is 2.50. The molecule has 0 bridgehead atoms. The topological polar surface area (TPSA) is 44.0 Å². The molecule has 0 saturated heterocycles. The van der Waals surface area contributed by atoms with E-state index in [1.807, 2.05) is 6.07 Å². The smallest absolute Gasteiger partial charge is 0.115 e. The summed E-state index contributed by atoms with van der Waals surface area (Å²) in [5, 5.41) is 18.2. The summed E-state index contributed by atoms with van der Waals surface area (Å²) in [4.78, 5) is 0. The lowest BCUT2D eigenvalue weighted by Gasteiger charge is -1.98. The molecule has 0 aliphatic heterocycles. The third kappa shape index (κ3) is 1.72. The average molecular weight is 212 g/mol. The van der Waals surface area contributed by atoms with Crippen molar-refractivity contribution in [2.75, 3.05) is 0 Å². The highest BCUT2D eigenvalue weighted by molar-refractivity contribution is 9.08. The first kappa shape index (κ1) is 8.09. The van der Waals surface area contributed by atoms with Crippen LogP contribution >= 0.6 is 15.9 Å². The van der Waals surface area contributed by atoms with Crippen molar-refractivity contribution in [1.82, 2.24) is 0 Å². The van der Waals surface area contributed by atoms with Crippen LogP contribution in [-0.2, 0) is 5.33 Å². The molecule has 0 unspecified atom stereocenters. The van der Waals surface area contributed by atoms with Gasteiger partial charge >= 0.3 is 0 Å². The van der Waals surface area contributed by atoms with Crippen LogP contribution in [-0.4, -0.2) is 5.11 Å². The fourth-order valence-electron chi connectivity index (χ4n) is 0.800. The minimum Gasteiger partial charge on any atom is -0.508 e. The second-order valence-electron chi connectivity index (χ2n) is 2.09. The van der Waals surface area contributed by atoms with E-state index in [1.165, 1.54) is 6.07 Å². The molecular weight excluding hydrogens is 206 g/mol. The average Bonchev–Trinajstić information content (AvgIpc) is 2.04. The van der Waals surface area contributed by atoms with Crippen molar-refractivity contribution in [2.24, 2.45) is 0 Å². The molecule has 0 radical (unpaired) electrons. The number of aromatic hydroxyl groups is 1. The van der Waals surface area contributed by atoms with E-state index in [-0.39, 0.29) is 5.75 Å². The zero-order chi connectivity index (χ0) is 8.27. The highest BCUT2D eigenvalue weighted by atomic mass is 79.9. The van der Waals surface area contributed by atoms with Crippen LogP contribution in [0.25, 0.3) is 0 Å². The molecule has 0 aliphatic carbocycles. The predicted octanol–water partition coefficient (Wildman–Crippen LogP) is 2.16. The Morgan fingerprint density at radius 1 is 1.55 bits per heavy atom. The molecule has 0 fully saturated rings. The molecule has 1 rings (SSSR count). The summed E-state index contributed by atoms with van der Waals surface area (Å²) >= 11 is 3.22. The first-order valence-corrected chi connectivity index (χ1v) is 4.18. The summed E-state index contributed by atoms with van der Waals surface area (Å²) in [5.41, 5.74) is 1.41. The van der Waals surface area contributed by atoms with Crippen molar-refractivity contribution in [2.45, 2.75) is 5.33 Å². The van der Waals surface area contributed by atoms with Crippen LogP contribution in [0.2, 0.25) is 0 Å². The number of nitrogens with zero attached hydrogens (tertiary/aromatic N) is 1. The Hall–Kier alpha value is -1.01. The summed E-state index contributed by atoms with van der Waals surface area (Å²) < 4.78 is 0. The molecule has 0 atom stereocenters.